The molecule has 0 amide bonds. The number of para-hydroxylation sites is 1. The number of hydrogen-bond acceptors (Lipinski definition) is 7. The van der Waals surface area contributed by atoms with E-state index >= 15 is 0 Å². The summed E-state index contributed by atoms with van der Waals surface area (Å²) in [6.07, 6.45) is -2.45. The van der Waals surface area contributed by atoms with Crippen LogP contribution in [0.15, 0.2) is 54.4 Å². The first-order valence-electron chi connectivity index (χ1n) is 9.58. The predicted octanol–water partition coefficient (Wildman–Crippen LogP) is 3.74. The number of fused-ring (bicyclic) bond motifs is 1. The van der Waals surface area contributed by atoms with Crippen molar-refractivity contribution < 1.29 is 51.5 Å². The lowest BCUT2D eigenvalue weighted by molar-refractivity contribution is -0.0688. The Hall–Kier alpha value is -2.56. The highest BCUT2D eigenvalue weighted by molar-refractivity contribution is 7.88. The molecule has 2 atom stereocenters. The van der Waals surface area contributed by atoms with Crippen molar-refractivity contribution in [2.24, 2.45) is 7.05 Å². The summed E-state index contributed by atoms with van der Waals surface area (Å²) in [4.78, 5) is 1.19. The van der Waals surface area contributed by atoms with Crippen molar-refractivity contribution in [3.05, 3.63) is 65.6 Å². The normalized spacial score (nSPS) is 17.0. The summed E-state index contributed by atoms with van der Waals surface area (Å²) in [6, 6.07) is 8.74. The number of anilines is 1. The van der Waals surface area contributed by atoms with Gasteiger partial charge in [0, 0.05) is 31.7 Å². The summed E-state index contributed by atoms with van der Waals surface area (Å²) in [5.74, 6) is 0. The maximum absolute atomic E-state index is 13.2. The Kier molecular flexibility index (Phi) is 7.06. The van der Waals surface area contributed by atoms with Crippen LogP contribution in [0.25, 0.3) is 0 Å². The van der Waals surface area contributed by atoms with Gasteiger partial charge >= 0.3 is 31.3 Å². The number of allylic oxidation sites excluding steroid dienone is 1. The zero-order valence-corrected chi connectivity index (χ0v) is 19.5. The molecule has 194 valence electrons. The Morgan fingerprint density at radius 1 is 0.829 bits per heavy atom. The van der Waals surface area contributed by atoms with Gasteiger partial charge in [-0.05, 0) is 30.2 Å². The lowest BCUT2D eigenvalue weighted by Crippen LogP contribution is -2.42. The number of likely N-dealkylation sites (N-methyl/N-ethyl adjacent to an activating group) is 1. The highest BCUT2D eigenvalue weighted by Crippen LogP contribution is 2.41. The van der Waals surface area contributed by atoms with Gasteiger partial charge in [0.2, 0.25) is 0 Å². The summed E-state index contributed by atoms with van der Waals surface area (Å²) < 4.78 is 137. The van der Waals surface area contributed by atoms with E-state index in [1.54, 1.807) is 18.2 Å². The van der Waals surface area contributed by atoms with Crippen LogP contribution in [-0.2, 0) is 42.1 Å². The maximum Gasteiger partial charge on any atom is 0.523 e. The SMILES string of the molecule is CN1C(C(OS(=O)(=O)C(F)(F)F)C(OS(=O)(=O)C(F)(F)F)c2cccn2C)=CCc2ccccc21. The monoisotopic (exact) mass is 548 g/mol. The highest BCUT2D eigenvalue weighted by Gasteiger charge is 2.54. The molecule has 3 rings (SSSR count). The molecule has 1 aliphatic rings. The van der Waals surface area contributed by atoms with Crippen molar-refractivity contribution in [3.63, 3.8) is 0 Å². The molecule has 0 fully saturated rings. The number of benzene rings is 1. The van der Waals surface area contributed by atoms with Gasteiger partial charge in [0.1, 0.15) is 0 Å². The van der Waals surface area contributed by atoms with Crippen molar-refractivity contribution in [1.29, 1.82) is 0 Å². The molecule has 1 aromatic heterocycles. The lowest BCUT2D eigenvalue weighted by atomic mass is 9.98. The van der Waals surface area contributed by atoms with Crippen molar-refractivity contribution in [2.45, 2.75) is 29.6 Å². The molecule has 0 saturated carbocycles. The third-order valence-electron chi connectivity index (χ3n) is 5.14. The minimum Gasteiger partial charge on any atom is -0.352 e. The second-order valence-electron chi connectivity index (χ2n) is 7.40. The van der Waals surface area contributed by atoms with E-state index in [0.717, 1.165) is 10.6 Å². The zero-order chi connectivity index (χ0) is 26.4. The Bertz CT molecular complexity index is 1330. The van der Waals surface area contributed by atoms with E-state index in [1.807, 2.05) is 0 Å². The smallest absolute Gasteiger partial charge is 0.352 e. The average Bonchev–Trinajstić information content (AvgIpc) is 3.15. The van der Waals surface area contributed by atoms with Gasteiger partial charge in [-0.15, -0.1) is 0 Å². The molecule has 1 aliphatic heterocycles. The molecule has 2 aromatic rings. The fourth-order valence-corrected chi connectivity index (χ4v) is 4.63. The van der Waals surface area contributed by atoms with Crippen molar-refractivity contribution in [1.82, 2.24) is 4.57 Å². The van der Waals surface area contributed by atoms with Crippen LogP contribution in [0.4, 0.5) is 32.0 Å². The third kappa shape index (κ3) is 5.34. The molecule has 35 heavy (non-hydrogen) atoms. The molecule has 2 heterocycles. The molecule has 2 unspecified atom stereocenters. The van der Waals surface area contributed by atoms with Gasteiger partial charge in [-0.1, -0.05) is 24.3 Å². The second kappa shape index (κ2) is 9.15. The number of nitrogens with zero attached hydrogens (tertiary/aromatic N) is 2. The largest absolute Gasteiger partial charge is 0.523 e. The Labute approximate surface area is 196 Å². The van der Waals surface area contributed by atoms with Crippen LogP contribution in [0.3, 0.4) is 0 Å². The Balaban J connectivity index is 2.22. The zero-order valence-electron chi connectivity index (χ0n) is 17.9. The van der Waals surface area contributed by atoms with Gasteiger partial charge in [-0.2, -0.15) is 43.2 Å². The summed E-state index contributed by atoms with van der Waals surface area (Å²) in [5.41, 5.74) is -11.6. The molecule has 0 aliphatic carbocycles. The minimum atomic E-state index is -6.42. The van der Waals surface area contributed by atoms with Crippen LogP contribution in [0.2, 0.25) is 0 Å². The van der Waals surface area contributed by atoms with Gasteiger partial charge in [0.05, 0.1) is 5.69 Å². The first-order chi connectivity index (χ1) is 16.0. The number of hydrogen-bond donors (Lipinski definition) is 0. The van der Waals surface area contributed by atoms with E-state index in [4.69, 9.17) is 0 Å². The molecule has 1 aromatic carbocycles. The second-order valence-corrected chi connectivity index (χ2v) is 10.5. The van der Waals surface area contributed by atoms with Gasteiger partial charge < -0.3 is 9.47 Å². The van der Waals surface area contributed by atoms with Crippen molar-refractivity contribution in [3.8, 4) is 0 Å². The number of halogens is 6. The van der Waals surface area contributed by atoms with E-state index in [9.17, 15) is 43.2 Å². The van der Waals surface area contributed by atoms with Crippen LogP contribution in [0.5, 0.6) is 0 Å². The molecule has 0 spiro atoms. The molecular formula is C19H18F6N2O6S2. The standard InChI is InChI=1S/C19H18F6N2O6S2/c1-26-11-5-8-14(26)16(32-34(28,29)18(20,21)22)17(33-35(30,31)19(23,24)25)15-10-9-12-6-3-4-7-13(12)27(15)2/h3-8,10-11,16-17H,9H2,1-2H3. The molecule has 0 bridgehead atoms. The van der Waals surface area contributed by atoms with Crippen LogP contribution in [0, 0.1) is 0 Å². The van der Waals surface area contributed by atoms with Gasteiger partial charge in [0.15, 0.2) is 12.2 Å². The molecule has 8 nitrogen and oxygen atoms in total. The van der Waals surface area contributed by atoms with Crippen LogP contribution >= 0.6 is 0 Å². The van der Waals surface area contributed by atoms with E-state index in [-0.39, 0.29) is 12.1 Å². The third-order valence-corrected chi connectivity index (χ3v) is 7.20. The molecule has 0 N–H and O–H groups in total. The van der Waals surface area contributed by atoms with Crippen LogP contribution in [0.1, 0.15) is 17.4 Å². The number of alkyl halides is 6. The molecule has 16 heteroatoms. The summed E-state index contributed by atoms with van der Waals surface area (Å²) in [5, 5.41) is 0. The molecule has 0 saturated heterocycles. The molecule has 0 radical (unpaired) electrons. The van der Waals surface area contributed by atoms with E-state index in [1.165, 1.54) is 43.4 Å². The number of rotatable bonds is 7. The fraction of sp³-hybridized carbons (Fsp3) is 0.368. The van der Waals surface area contributed by atoms with Crippen molar-refractivity contribution in [2.75, 3.05) is 11.9 Å². The average molecular weight is 548 g/mol. The van der Waals surface area contributed by atoms with E-state index in [2.05, 4.69) is 8.37 Å². The first-order valence-corrected chi connectivity index (χ1v) is 12.4. The van der Waals surface area contributed by atoms with Gasteiger partial charge in [-0.25, -0.2) is 0 Å². The quantitative estimate of drug-likeness (QED) is 0.296. The highest BCUT2D eigenvalue weighted by atomic mass is 32.2. The first kappa shape index (κ1) is 27.0. The fourth-order valence-electron chi connectivity index (χ4n) is 3.47. The van der Waals surface area contributed by atoms with Crippen LogP contribution < -0.4 is 4.90 Å². The maximum atomic E-state index is 13.2. The van der Waals surface area contributed by atoms with Gasteiger partial charge in [-0.3, -0.25) is 8.37 Å². The Morgan fingerprint density at radius 3 is 1.89 bits per heavy atom. The Morgan fingerprint density at radius 2 is 1.37 bits per heavy atom. The summed E-state index contributed by atoms with van der Waals surface area (Å²) in [7, 11) is -10.3. The van der Waals surface area contributed by atoms with Crippen molar-refractivity contribution >= 4 is 25.9 Å². The minimum absolute atomic E-state index is 0.0354. The lowest BCUT2D eigenvalue weighted by Gasteiger charge is -2.36. The van der Waals surface area contributed by atoms with Crippen LogP contribution in [-0.4, -0.2) is 45.6 Å². The summed E-state index contributed by atoms with van der Waals surface area (Å²) in [6.45, 7) is 0. The van der Waals surface area contributed by atoms with Gasteiger partial charge in [0.25, 0.3) is 0 Å². The topological polar surface area (TPSA) is 94.9 Å². The molecular weight excluding hydrogens is 530 g/mol. The van der Waals surface area contributed by atoms with E-state index < -0.39 is 49.2 Å². The summed E-state index contributed by atoms with van der Waals surface area (Å²) >= 11 is 0. The number of aromatic nitrogens is 1. The van der Waals surface area contributed by atoms with E-state index in [0.29, 0.717) is 11.3 Å². The number of aryl methyl sites for hydroxylation is 1. The predicted molar refractivity (Wildman–Crippen MR) is 111 cm³/mol.